The van der Waals surface area contributed by atoms with E-state index in [1.165, 1.54) is 0 Å². The Kier molecular flexibility index (Phi) is 10.3. The number of hydrogen-bond donors (Lipinski definition) is 2. The van der Waals surface area contributed by atoms with Crippen molar-refractivity contribution in [3.63, 3.8) is 0 Å². The molecule has 0 saturated heterocycles. The molecule has 0 spiro atoms. The van der Waals surface area contributed by atoms with E-state index >= 15 is 0 Å². The molecule has 2 rings (SSSR count). The van der Waals surface area contributed by atoms with Crippen LogP contribution in [0.1, 0.15) is 49.1 Å². The number of nitrogens with zero attached hydrogens (tertiary/aromatic N) is 3. The molecule has 2 N–H and O–H groups in total. The summed E-state index contributed by atoms with van der Waals surface area (Å²) in [5, 5.41) is 10.9. The van der Waals surface area contributed by atoms with Crippen molar-refractivity contribution in [1.29, 1.82) is 0 Å². The van der Waals surface area contributed by atoms with Crippen molar-refractivity contribution in [3.05, 3.63) is 32.2 Å². The van der Waals surface area contributed by atoms with E-state index in [4.69, 9.17) is 0 Å². The molecule has 0 aromatic carbocycles. The van der Waals surface area contributed by atoms with Crippen LogP contribution in [0.3, 0.4) is 0 Å². The van der Waals surface area contributed by atoms with Crippen LogP contribution in [0.4, 0.5) is 13.2 Å². The van der Waals surface area contributed by atoms with Crippen LogP contribution in [0.25, 0.3) is 0 Å². The molecule has 0 fully saturated rings. The molecule has 29 heavy (non-hydrogen) atoms. The number of guanidine groups is 1. The van der Waals surface area contributed by atoms with Gasteiger partial charge in [-0.05, 0) is 6.92 Å². The number of rotatable bonds is 7. The lowest BCUT2D eigenvalue weighted by atomic mass is 9.93. The third-order valence-corrected chi connectivity index (χ3v) is 5.55. The van der Waals surface area contributed by atoms with Gasteiger partial charge in [0, 0.05) is 48.7 Å². The first kappa shape index (κ1) is 26.1. The normalized spacial score (nSPS) is 12.6. The highest BCUT2D eigenvalue weighted by Gasteiger charge is 2.33. The van der Waals surface area contributed by atoms with Crippen molar-refractivity contribution in [3.8, 4) is 0 Å². The number of alkyl halides is 3. The number of hydrogen-bond acceptors (Lipinski definition) is 5. The quantitative estimate of drug-likeness (QED) is 0.288. The summed E-state index contributed by atoms with van der Waals surface area (Å²) in [6.45, 7) is 10.1. The standard InChI is InChI=1S/C18H26F3N5S2.HI/c1-5-22-16(23-8-6-14-25-12(10-27-14)17(2,3)4)24-9-7-15-26-13(11-28-15)18(19,20)21;/h10-11H,5-9H2,1-4H3,(H2,22,23,24);1H. The smallest absolute Gasteiger partial charge is 0.357 e. The first-order chi connectivity index (χ1) is 13.1. The number of thiazole rings is 2. The third-order valence-electron chi connectivity index (χ3n) is 3.73. The number of halogens is 4. The van der Waals surface area contributed by atoms with Gasteiger partial charge in [-0.15, -0.1) is 46.7 Å². The molecular weight excluding hydrogens is 534 g/mol. The Morgan fingerprint density at radius 3 is 2.10 bits per heavy atom. The summed E-state index contributed by atoms with van der Waals surface area (Å²) in [6, 6.07) is 0. The van der Waals surface area contributed by atoms with E-state index in [0.29, 0.717) is 37.0 Å². The Morgan fingerprint density at radius 1 is 1.00 bits per heavy atom. The van der Waals surface area contributed by atoms with Gasteiger partial charge in [0.25, 0.3) is 0 Å². The summed E-state index contributed by atoms with van der Waals surface area (Å²) in [7, 11) is 0. The molecule has 2 aromatic heterocycles. The van der Waals surface area contributed by atoms with Gasteiger partial charge in [-0.3, -0.25) is 4.99 Å². The molecule has 0 atom stereocenters. The third kappa shape index (κ3) is 8.75. The van der Waals surface area contributed by atoms with Crippen LogP contribution in [0, 0.1) is 0 Å². The molecule has 0 aliphatic rings. The van der Waals surface area contributed by atoms with E-state index in [9.17, 15) is 13.2 Å². The van der Waals surface area contributed by atoms with Crippen LogP contribution in [-0.2, 0) is 24.4 Å². The number of aliphatic imine (C=N–C) groups is 1. The summed E-state index contributed by atoms with van der Waals surface area (Å²) >= 11 is 2.66. The highest BCUT2D eigenvalue weighted by atomic mass is 127. The van der Waals surface area contributed by atoms with Crippen LogP contribution in [0.5, 0.6) is 0 Å². The molecule has 0 unspecified atom stereocenters. The SMILES string of the molecule is CCNC(=NCCc1nc(C(C)(C)C)cs1)NCCc1nc(C(F)(F)F)cs1.I. The first-order valence-corrected chi connectivity index (χ1v) is 10.8. The lowest BCUT2D eigenvalue weighted by molar-refractivity contribution is -0.140. The van der Waals surface area contributed by atoms with Gasteiger partial charge in [-0.1, -0.05) is 20.8 Å². The summed E-state index contributed by atoms with van der Waals surface area (Å²) in [4.78, 5) is 12.8. The fraction of sp³-hybridized carbons (Fsp3) is 0.611. The molecule has 0 aliphatic heterocycles. The zero-order chi connectivity index (χ0) is 20.8. The molecule has 0 saturated carbocycles. The van der Waals surface area contributed by atoms with Gasteiger partial charge in [0.1, 0.15) is 0 Å². The summed E-state index contributed by atoms with van der Waals surface area (Å²) in [5.74, 6) is 0.641. The summed E-state index contributed by atoms with van der Waals surface area (Å²) < 4.78 is 37.8. The van der Waals surface area contributed by atoms with Crippen molar-refractivity contribution in [2.75, 3.05) is 19.6 Å². The Labute approximate surface area is 194 Å². The van der Waals surface area contributed by atoms with E-state index in [-0.39, 0.29) is 29.4 Å². The second kappa shape index (κ2) is 11.4. The van der Waals surface area contributed by atoms with E-state index < -0.39 is 11.9 Å². The Morgan fingerprint density at radius 2 is 1.59 bits per heavy atom. The fourth-order valence-electron chi connectivity index (χ4n) is 2.22. The van der Waals surface area contributed by atoms with Crippen molar-refractivity contribution >= 4 is 52.6 Å². The molecule has 2 aromatic rings. The second-order valence-corrected chi connectivity index (χ2v) is 9.07. The topological polar surface area (TPSA) is 62.2 Å². The largest absolute Gasteiger partial charge is 0.434 e. The lowest BCUT2D eigenvalue weighted by Crippen LogP contribution is -2.38. The lowest BCUT2D eigenvalue weighted by Gasteiger charge is -2.14. The van der Waals surface area contributed by atoms with Gasteiger partial charge in [0.2, 0.25) is 0 Å². The minimum atomic E-state index is -4.39. The molecule has 164 valence electrons. The second-order valence-electron chi connectivity index (χ2n) is 7.19. The van der Waals surface area contributed by atoms with Crippen molar-refractivity contribution in [1.82, 2.24) is 20.6 Å². The number of aromatic nitrogens is 2. The Balaban J connectivity index is 0.00000420. The van der Waals surface area contributed by atoms with Gasteiger partial charge in [0.05, 0.1) is 15.7 Å². The van der Waals surface area contributed by atoms with Crippen LogP contribution >= 0.6 is 46.7 Å². The molecule has 0 amide bonds. The van der Waals surface area contributed by atoms with Gasteiger partial charge < -0.3 is 10.6 Å². The highest BCUT2D eigenvalue weighted by molar-refractivity contribution is 14.0. The van der Waals surface area contributed by atoms with Gasteiger partial charge in [-0.25, -0.2) is 9.97 Å². The van der Waals surface area contributed by atoms with Gasteiger partial charge in [-0.2, -0.15) is 13.2 Å². The number of nitrogens with one attached hydrogen (secondary N) is 2. The molecule has 2 heterocycles. The molecule has 0 bridgehead atoms. The molecule has 0 aliphatic carbocycles. The Bertz CT molecular complexity index is 781. The molecular formula is C18H27F3IN5S2. The highest BCUT2D eigenvalue weighted by Crippen LogP contribution is 2.30. The van der Waals surface area contributed by atoms with Crippen LogP contribution in [0.2, 0.25) is 0 Å². The minimum Gasteiger partial charge on any atom is -0.357 e. The molecule has 11 heteroatoms. The monoisotopic (exact) mass is 561 g/mol. The predicted octanol–water partition coefficient (Wildman–Crippen LogP) is 4.87. The fourth-order valence-corrected chi connectivity index (χ4v) is 4.04. The zero-order valence-electron chi connectivity index (χ0n) is 16.9. The maximum absolute atomic E-state index is 12.6. The van der Waals surface area contributed by atoms with Crippen LogP contribution < -0.4 is 10.6 Å². The average molecular weight is 561 g/mol. The van der Waals surface area contributed by atoms with Gasteiger partial charge >= 0.3 is 6.18 Å². The van der Waals surface area contributed by atoms with Gasteiger partial charge in [0.15, 0.2) is 11.7 Å². The van der Waals surface area contributed by atoms with E-state index in [2.05, 4.69) is 51.7 Å². The summed E-state index contributed by atoms with van der Waals surface area (Å²) in [6.07, 6.45) is -3.23. The summed E-state index contributed by atoms with van der Waals surface area (Å²) in [5.41, 5.74) is 0.297. The first-order valence-electron chi connectivity index (χ1n) is 9.08. The maximum Gasteiger partial charge on any atom is 0.434 e. The minimum absolute atomic E-state index is 0. The van der Waals surface area contributed by atoms with Crippen molar-refractivity contribution in [2.45, 2.75) is 52.1 Å². The average Bonchev–Trinajstić information content (AvgIpc) is 3.23. The zero-order valence-corrected chi connectivity index (χ0v) is 20.9. The van der Waals surface area contributed by atoms with E-state index in [1.54, 1.807) is 11.3 Å². The predicted molar refractivity (Wildman–Crippen MR) is 125 cm³/mol. The molecule has 5 nitrogen and oxygen atoms in total. The van der Waals surface area contributed by atoms with E-state index in [0.717, 1.165) is 33.8 Å². The van der Waals surface area contributed by atoms with Crippen LogP contribution in [0.15, 0.2) is 15.8 Å². The van der Waals surface area contributed by atoms with E-state index in [1.807, 2.05) is 6.92 Å². The maximum atomic E-state index is 12.6. The van der Waals surface area contributed by atoms with Crippen molar-refractivity contribution in [2.24, 2.45) is 4.99 Å². The van der Waals surface area contributed by atoms with Crippen LogP contribution in [-0.4, -0.2) is 35.6 Å². The Hall–Kier alpha value is -0.950. The molecule has 0 radical (unpaired) electrons. The van der Waals surface area contributed by atoms with Crippen molar-refractivity contribution < 1.29 is 13.2 Å².